The lowest BCUT2D eigenvalue weighted by molar-refractivity contribution is -0.183. The van der Waals surface area contributed by atoms with Crippen LogP contribution in [0.5, 0.6) is 5.75 Å². The second-order valence-electron chi connectivity index (χ2n) is 5.81. The summed E-state index contributed by atoms with van der Waals surface area (Å²) in [5, 5.41) is 1.49. The molecule has 6 heteroatoms. The van der Waals surface area contributed by atoms with Crippen molar-refractivity contribution in [2.75, 3.05) is 13.7 Å². The topological polar surface area (TPSA) is 64.4 Å². The van der Waals surface area contributed by atoms with E-state index in [1.807, 2.05) is 36.4 Å². The number of rotatable bonds is 1. The van der Waals surface area contributed by atoms with Crippen molar-refractivity contribution in [3.63, 3.8) is 0 Å². The highest BCUT2D eigenvalue weighted by Crippen LogP contribution is 2.45. The van der Waals surface area contributed by atoms with Gasteiger partial charge in [0.05, 0.1) is 18.7 Å². The van der Waals surface area contributed by atoms with Crippen LogP contribution in [0.4, 0.5) is 5.69 Å². The van der Waals surface area contributed by atoms with Gasteiger partial charge in [0, 0.05) is 13.5 Å². The zero-order valence-corrected chi connectivity index (χ0v) is 13.2. The molecule has 1 atom stereocenters. The minimum atomic E-state index is -0.833. The number of aliphatic imine (C=N–C) groups is 1. The van der Waals surface area contributed by atoms with E-state index in [0.29, 0.717) is 24.7 Å². The Balaban J connectivity index is 1.84. The molecule has 1 spiro atoms. The van der Waals surface area contributed by atoms with Crippen LogP contribution in [0.3, 0.4) is 0 Å². The van der Waals surface area contributed by atoms with Crippen molar-refractivity contribution >= 4 is 11.6 Å². The number of guanidine groups is 1. The minimum absolute atomic E-state index is 0.350. The van der Waals surface area contributed by atoms with Crippen LogP contribution in [0.25, 0.3) is 16.0 Å². The van der Waals surface area contributed by atoms with Crippen molar-refractivity contribution in [1.82, 2.24) is 5.06 Å². The van der Waals surface area contributed by atoms with Gasteiger partial charge >= 0.3 is 0 Å². The second-order valence-corrected chi connectivity index (χ2v) is 5.81. The normalized spacial score (nSPS) is 21.8. The number of nitrogens with two attached hydrogens (primary N) is 1. The number of fused-ring (bicyclic) bond motifs is 2. The van der Waals surface area contributed by atoms with Crippen molar-refractivity contribution in [3.05, 3.63) is 59.4 Å². The lowest BCUT2D eigenvalue weighted by Crippen LogP contribution is -2.35. The maximum Gasteiger partial charge on any atom is 0.221 e. The molecule has 2 aromatic rings. The first-order valence-corrected chi connectivity index (χ1v) is 7.65. The smallest absolute Gasteiger partial charge is 0.221 e. The highest BCUT2D eigenvalue weighted by molar-refractivity contribution is 5.79. The first kappa shape index (κ1) is 14.5. The second kappa shape index (κ2) is 5.25. The maximum atomic E-state index is 7.18. The molecule has 120 valence electrons. The molecule has 0 radical (unpaired) electrons. The summed E-state index contributed by atoms with van der Waals surface area (Å²) in [6, 6.07) is 13.4. The zero-order chi connectivity index (χ0) is 16.7. The molecule has 0 saturated heterocycles. The molecule has 2 aliphatic rings. The summed E-state index contributed by atoms with van der Waals surface area (Å²) in [7, 11) is 1.74. The van der Waals surface area contributed by atoms with Gasteiger partial charge in [-0.3, -0.25) is 0 Å². The van der Waals surface area contributed by atoms with Gasteiger partial charge in [0.25, 0.3) is 0 Å². The fourth-order valence-electron chi connectivity index (χ4n) is 3.09. The summed E-state index contributed by atoms with van der Waals surface area (Å²) in [6.45, 7) is 7.70. The van der Waals surface area contributed by atoms with E-state index < -0.39 is 5.72 Å². The molecule has 0 aliphatic carbocycles. The largest absolute Gasteiger partial charge is 0.493 e. The molecule has 2 aromatic carbocycles. The van der Waals surface area contributed by atoms with E-state index in [4.69, 9.17) is 21.9 Å². The third kappa shape index (κ3) is 2.18. The van der Waals surface area contributed by atoms with Crippen molar-refractivity contribution in [1.29, 1.82) is 0 Å². The predicted octanol–water partition coefficient (Wildman–Crippen LogP) is 3.03. The van der Waals surface area contributed by atoms with Crippen molar-refractivity contribution in [3.8, 4) is 16.9 Å². The van der Waals surface area contributed by atoms with Crippen LogP contribution in [-0.4, -0.2) is 24.7 Å². The SMILES string of the molecule is [C-]#[N+]c1cccc(-c2ccc3c(c2)C2(CCO3)N=C(N)N(C)O2)c1. The lowest BCUT2D eigenvalue weighted by Gasteiger charge is -2.32. The van der Waals surface area contributed by atoms with Crippen molar-refractivity contribution in [2.24, 2.45) is 10.7 Å². The van der Waals surface area contributed by atoms with Crippen molar-refractivity contribution < 1.29 is 9.57 Å². The van der Waals surface area contributed by atoms with Gasteiger partial charge in [-0.15, -0.1) is 0 Å². The Hall–Kier alpha value is -3.04. The van der Waals surface area contributed by atoms with Gasteiger partial charge in [0.15, 0.2) is 5.69 Å². The first-order chi connectivity index (χ1) is 11.6. The number of hydrogen-bond donors (Lipinski definition) is 1. The standard InChI is InChI=1S/C18H16N4O2/c1-20-14-5-3-4-12(10-14)13-6-7-16-15(11-13)18(8-9-23-16)21-17(19)22(2)24-18/h3-7,10-11H,8-9H2,2H3,(H2,19,21). The summed E-state index contributed by atoms with van der Waals surface area (Å²) < 4.78 is 5.76. The summed E-state index contributed by atoms with van der Waals surface area (Å²) >= 11 is 0. The van der Waals surface area contributed by atoms with Crippen LogP contribution in [-0.2, 0) is 10.6 Å². The Morgan fingerprint density at radius 2 is 2.08 bits per heavy atom. The van der Waals surface area contributed by atoms with Gasteiger partial charge in [-0.1, -0.05) is 24.3 Å². The molecule has 0 amide bonds. The van der Waals surface area contributed by atoms with Gasteiger partial charge in [-0.25, -0.2) is 19.7 Å². The summed E-state index contributed by atoms with van der Waals surface area (Å²) in [5.74, 6) is 1.10. The Kier molecular flexibility index (Phi) is 3.18. The molecular weight excluding hydrogens is 304 g/mol. The first-order valence-electron chi connectivity index (χ1n) is 7.65. The fourth-order valence-corrected chi connectivity index (χ4v) is 3.09. The zero-order valence-electron chi connectivity index (χ0n) is 13.2. The Bertz CT molecular complexity index is 887. The van der Waals surface area contributed by atoms with E-state index in [1.54, 1.807) is 13.1 Å². The van der Waals surface area contributed by atoms with E-state index >= 15 is 0 Å². The highest BCUT2D eigenvalue weighted by atomic mass is 16.7. The van der Waals surface area contributed by atoms with Crippen LogP contribution in [0.1, 0.15) is 12.0 Å². The summed E-state index contributed by atoms with van der Waals surface area (Å²) in [5.41, 5.74) is 8.48. The molecule has 6 nitrogen and oxygen atoms in total. The highest BCUT2D eigenvalue weighted by Gasteiger charge is 2.45. The molecule has 2 N–H and O–H groups in total. The molecule has 2 heterocycles. The molecule has 2 aliphatic heterocycles. The van der Waals surface area contributed by atoms with Crippen LogP contribution in [0, 0.1) is 6.57 Å². The average Bonchev–Trinajstić information content (AvgIpc) is 2.89. The molecule has 0 aromatic heterocycles. The van der Waals surface area contributed by atoms with Crippen LogP contribution in [0.15, 0.2) is 47.5 Å². The minimum Gasteiger partial charge on any atom is -0.493 e. The summed E-state index contributed by atoms with van der Waals surface area (Å²) in [4.78, 5) is 14.0. The van der Waals surface area contributed by atoms with Crippen LogP contribution >= 0.6 is 0 Å². The number of nitrogens with zero attached hydrogens (tertiary/aromatic N) is 3. The number of ether oxygens (including phenoxy) is 1. The van der Waals surface area contributed by atoms with Gasteiger partial charge in [0.2, 0.25) is 11.7 Å². The Labute approximate surface area is 139 Å². The third-order valence-electron chi connectivity index (χ3n) is 4.31. The summed E-state index contributed by atoms with van der Waals surface area (Å²) in [6.07, 6.45) is 0.594. The van der Waals surface area contributed by atoms with E-state index in [9.17, 15) is 0 Å². The van der Waals surface area contributed by atoms with Gasteiger partial charge in [-0.2, -0.15) is 0 Å². The molecule has 4 rings (SSSR count). The molecule has 0 bridgehead atoms. The molecule has 0 saturated carbocycles. The van der Waals surface area contributed by atoms with E-state index in [1.165, 1.54) is 5.06 Å². The van der Waals surface area contributed by atoms with Crippen LogP contribution < -0.4 is 10.5 Å². The van der Waals surface area contributed by atoms with E-state index in [0.717, 1.165) is 22.4 Å². The van der Waals surface area contributed by atoms with E-state index in [2.05, 4.69) is 9.84 Å². The monoisotopic (exact) mass is 320 g/mol. The number of hydroxylamine groups is 2. The Morgan fingerprint density at radius 3 is 2.83 bits per heavy atom. The average molecular weight is 320 g/mol. The van der Waals surface area contributed by atoms with Gasteiger partial charge in [-0.05, 0) is 29.3 Å². The predicted molar refractivity (Wildman–Crippen MR) is 90.4 cm³/mol. The van der Waals surface area contributed by atoms with Gasteiger partial charge < -0.3 is 10.5 Å². The molecule has 24 heavy (non-hydrogen) atoms. The van der Waals surface area contributed by atoms with Crippen LogP contribution in [0.2, 0.25) is 0 Å². The van der Waals surface area contributed by atoms with Gasteiger partial charge in [0.1, 0.15) is 5.75 Å². The number of hydrogen-bond acceptors (Lipinski definition) is 5. The van der Waals surface area contributed by atoms with E-state index in [-0.39, 0.29) is 0 Å². The third-order valence-corrected chi connectivity index (χ3v) is 4.31. The molecular formula is C18H16N4O2. The quantitative estimate of drug-likeness (QED) is 0.820. The molecule has 1 unspecified atom stereocenters. The fraction of sp³-hybridized carbons (Fsp3) is 0.222. The number of benzene rings is 2. The Morgan fingerprint density at radius 1 is 1.25 bits per heavy atom. The van der Waals surface area contributed by atoms with Crippen molar-refractivity contribution in [2.45, 2.75) is 12.1 Å². The maximum absolute atomic E-state index is 7.18. The molecule has 0 fully saturated rings. The lowest BCUT2D eigenvalue weighted by atomic mass is 9.93.